The zero-order valence-corrected chi connectivity index (χ0v) is 48.4. The van der Waals surface area contributed by atoms with Gasteiger partial charge in [0.15, 0.2) is 0 Å². The quantitative estimate of drug-likeness (QED) is 0.0442. The molecule has 4 aromatic carbocycles. The topological polar surface area (TPSA) is 128 Å². The van der Waals surface area contributed by atoms with Crippen molar-refractivity contribution in [3.63, 3.8) is 0 Å². The summed E-state index contributed by atoms with van der Waals surface area (Å²) in [6.07, 6.45) is 9.16. The molecule has 2 saturated heterocycles. The summed E-state index contributed by atoms with van der Waals surface area (Å²) in [7, 11) is 0. The Labute approximate surface area is 469 Å². The lowest BCUT2D eigenvalue weighted by Crippen LogP contribution is -2.32. The minimum Gasteiger partial charge on any atom is -0.491 e. The van der Waals surface area contributed by atoms with Gasteiger partial charge in [-0.25, -0.2) is 0 Å². The van der Waals surface area contributed by atoms with Crippen molar-refractivity contribution >= 4 is 0 Å². The minimum atomic E-state index is 0.432. The molecule has 0 atom stereocenters. The van der Waals surface area contributed by atoms with E-state index < -0.39 is 0 Å². The van der Waals surface area contributed by atoms with Gasteiger partial charge in [-0.1, -0.05) is 60.7 Å². The maximum absolute atomic E-state index is 7.01. The highest BCUT2D eigenvalue weighted by Gasteiger charge is 2.25. The van der Waals surface area contributed by atoms with Gasteiger partial charge in [0.25, 0.3) is 0 Å². The number of fused-ring (bicyclic) bond motifs is 8. The van der Waals surface area contributed by atoms with Gasteiger partial charge in [0.2, 0.25) is 0 Å². The van der Waals surface area contributed by atoms with E-state index in [1.54, 1.807) is 0 Å². The predicted octanol–water partition coefficient (Wildman–Crippen LogP) is 8.35. The van der Waals surface area contributed by atoms with Gasteiger partial charge in [0, 0.05) is 65.2 Å². The van der Waals surface area contributed by atoms with Crippen molar-refractivity contribution in [2.45, 2.75) is 105 Å². The van der Waals surface area contributed by atoms with Crippen LogP contribution in [0, 0.1) is 0 Å². The lowest BCUT2D eigenvalue weighted by molar-refractivity contribution is 0.108. The first kappa shape index (κ1) is 61.3. The van der Waals surface area contributed by atoms with Crippen molar-refractivity contribution in [3.8, 4) is 23.0 Å². The van der Waals surface area contributed by atoms with Crippen LogP contribution in [0.3, 0.4) is 0 Å². The minimum absolute atomic E-state index is 0.432. The molecule has 1 aliphatic carbocycles. The zero-order valence-electron chi connectivity index (χ0n) is 48.4. The summed E-state index contributed by atoms with van der Waals surface area (Å²) in [4.78, 5) is 5.29. The smallest absolute Gasteiger partial charge is 0.126 e. The van der Waals surface area contributed by atoms with E-state index in [4.69, 9.17) is 37.9 Å². The molecule has 432 valence electrons. The third-order valence-corrected chi connectivity index (χ3v) is 14.7. The molecule has 0 aromatic heterocycles. The monoisotopic (exact) mass is 1080 g/mol. The number of ether oxygens (including phenoxy) is 8. The molecule has 14 heteroatoms. The van der Waals surface area contributed by atoms with Crippen LogP contribution in [0.4, 0.5) is 0 Å². The number of rotatable bonds is 24. The Bertz CT molecular complexity index is 2040. The fraction of sp³-hybridized carbons (Fsp3) is 0.625. The van der Waals surface area contributed by atoms with Crippen molar-refractivity contribution < 1.29 is 37.9 Å². The second kappa shape index (κ2) is 36.1. The van der Waals surface area contributed by atoms with Crippen LogP contribution in [0.1, 0.15) is 122 Å². The third kappa shape index (κ3) is 20.7. The molecule has 78 heavy (non-hydrogen) atoms. The van der Waals surface area contributed by atoms with E-state index in [0.29, 0.717) is 105 Å². The van der Waals surface area contributed by atoms with Gasteiger partial charge in [-0.3, -0.25) is 9.80 Å². The number of hydrogen-bond donors (Lipinski definition) is 4. The Morgan fingerprint density at radius 3 is 0.859 bits per heavy atom. The highest BCUT2D eigenvalue weighted by molar-refractivity contribution is 5.57. The van der Waals surface area contributed by atoms with Crippen molar-refractivity contribution in [1.29, 1.82) is 0 Å². The van der Waals surface area contributed by atoms with Crippen LogP contribution in [-0.2, 0) is 57.7 Å². The first-order chi connectivity index (χ1) is 38.6. The Morgan fingerprint density at radius 2 is 0.590 bits per heavy atom. The maximum Gasteiger partial charge on any atom is 0.126 e. The molecule has 2 aliphatic heterocycles. The second-order valence-electron chi connectivity index (χ2n) is 20.9. The molecule has 2 fully saturated rings. The standard InChI is InChI=1S/C64H98N6O8/c1-5-71-33-37-75-61-53-17-9-18-54(61)46-58-42-52(50-70-31-15-27-67-23-12-24-68-28-16-32-70)44-60(64(58)78-40-36-74-8-4)48-56-20-10-19-55(62(56)76-38-34-72-6-2)47-59-43-51(41-57(45-53)63(59)77-39-35-73-7-3)49-69-29-13-25-65-21-11-22-66-26-14-30-69/h9-10,17-20,41-44,65-68H,5-8,11-16,21-40,45-50H2,1-4H3. The summed E-state index contributed by atoms with van der Waals surface area (Å²) < 4.78 is 51.7. The lowest BCUT2D eigenvalue weighted by atomic mass is 9.89. The number of nitrogens with one attached hydrogen (secondary N) is 4. The molecule has 3 aliphatic rings. The fourth-order valence-corrected chi connectivity index (χ4v) is 11.1. The van der Waals surface area contributed by atoms with Crippen LogP contribution < -0.4 is 40.2 Å². The molecule has 4 aromatic rings. The summed E-state index contributed by atoms with van der Waals surface area (Å²) in [6.45, 7) is 28.4. The molecule has 4 N–H and O–H groups in total. The van der Waals surface area contributed by atoms with E-state index in [0.717, 1.165) is 198 Å². The molecule has 14 nitrogen and oxygen atoms in total. The summed E-state index contributed by atoms with van der Waals surface area (Å²) in [6, 6.07) is 23.0. The van der Waals surface area contributed by atoms with Gasteiger partial charge in [0.1, 0.15) is 49.4 Å². The SMILES string of the molecule is CCOCCOc1c2cccc1Cc1cc(CN3CCCNCCCNCCC3)cc(c1OCCOCC)Cc1cccc(c1OCCOCC)Cc1cc(CN3CCCNCCCNCCC3)cc(c1OCCOCC)C2. The van der Waals surface area contributed by atoms with Gasteiger partial charge in [-0.05, 0) is 200 Å². The Hall–Kier alpha value is -4.32. The second-order valence-corrected chi connectivity index (χ2v) is 20.9. The van der Waals surface area contributed by atoms with Crippen LogP contribution in [0.5, 0.6) is 23.0 Å². The average molecular weight is 1080 g/mol. The Morgan fingerprint density at radius 1 is 0.333 bits per heavy atom. The van der Waals surface area contributed by atoms with Crippen molar-refractivity contribution in [2.24, 2.45) is 0 Å². The summed E-state index contributed by atoms with van der Waals surface area (Å²) >= 11 is 0. The van der Waals surface area contributed by atoms with Gasteiger partial charge in [-0.15, -0.1) is 0 Å². The van der Waals surface area contributed by atoms with E-state index >= 15 is 0 Å². The maximum atomic E-state index is 7.01. The fourth-order valence-electron chi connectivity index (χ4n) is 11.1. The van der Waals surface area contributed by atoms with E-state index in [-0.39, 0.29) is 0 Å². The molecule has 0 amide bonds. The highest BCUT2D eigenvalue weighted by Crippen LogP contribution is 2.40. The number of benzene rings is 4. The first-order valence-electron chi connectivity index (χ1n) is 30.2. The summed E-state index contributed by atoms with van der Waals surface area (Å²) in [5.74, 6) is 3.59. The highest BCUT2D eigenvalue weighted by atomic mass is 16.5. The molecule has 0 radical (unpaired) electrons. The van der Waals surface area contributed by atoms with E-state index in [1.807, 2.05) is 27.7 Å². The molecular weight excluding hydrogens is 981 g/mol. The first-order valence-corrected chi connectivity index (χ1v) is 30.2. The van der Waals surface area contributed by atoms with Crippen LogP contribution in [-0.4, -0.2) is 168 Å². The van der Waals surface area contributed by atoms with Crippen LogP contribution >= 0.6 is 0 Å². The van der Waals surface area contributed by atoms with Crippen LogP contribution in [0.2, 0.25) is 0 Å². The molecular formula is C64H98N6O8. The largest absolute Gasteiger partial charge is 0.491 e. The van der Waals surface area contributed by atoms with E-state index in [1.165, 1.54) is 11.1 Å². The Kier molecular flexibility index (Phi) is 28.4. The predicted molar refractivity (Wildman–Crippen MR) is 315 cm³/mol. The molecule has 0 spiro atoms. The van der Waals surface area contributed by atoms with Gasteiger partial charge in [-0.2, -0.15) is 0 Å². The molecule has 2 heterocycles. The zero-order chi connectivity index (χ0) is 54.2. The molecule has 0 saturated carbocycles. The van der Waals surface area contributed by atoms with Crippen LogP contribution in [0.25, 0.3) is 0 Å². The summed E-state index contributed by atoms with van der Waals surface area (Å²) in [5.41, 5.74) is 11.5. The lowest BCUT2D eigenvalue weighted by Gasteiger charge is -2.27. The van der Waals surface area contributed by atoms with Gasteiger partial charge in [0.05, 0.1) is 26.4 Å². The molecule has 8 bridgehead atoms. The molecule has 7 rings (SSSR count). The van der Waals surface area contributed by atoms with Gasteiger partial charge < -0.3 is 59.2 Å². The van der Waals surface area contributed by atoms with E-state index in [9.17, 15) is 0 Å². The van der Waals surface area contributed by atoms with Crippen molar-refractivity contribution in [2.75, 3.05) is 158 Å². The third-order valence-electron chi connectivity index (χ3n) is 14.7. The average Bonchev–Trinajstić information content (AvgIpc) is 3.44. The summed E-state index contributed by atoms with van der Waals surface area (Å²) in [5, 5.41) is 14.7. The van der Waals surface area contributed by atoms with E-state index in [2.05, 4.69) is 91.7 Å². The van der Waals surface area contributed by atoms with Crippen LogP contribution in [0.15, 0.2) is 60.7 Å². The normalized spacial score (nSPS) is 17.0. The van der Waals surface area contributed by atoms with Crippen molar-refractivity contribution in [3.05, 3.63) is 116 Å². The number of para-hydroxylation sites is 2. The number of nitrogens with zero attached hydrogens (tertiary/aromatic N) is 2. The van der Waals surface area contributed by atoms with Gasteiger partial charge >= 0.3 is 0 Å². The Balaban J connectivity index is 1.41. The van der Waals surface area contributed by atoms with Crippen molar-refractivity contribution in [1.82, 2.24) is 31.1 Å². The number of hydrogen-bond acceptors (Lipinski definition) is 14. The molecule has 0 unspecified atom stereocenters.